The Kier molecular flexibility index (Phi) is 4.49. The Hall–Kier alpha value is -2.64. The molecule has 1 aliphatic rings. The first-order valence-corrected chi connectivity index (χ1v) is 8.71. The van der Waals surface area contributed by atoms with Crippen LogP contribution in [0.3, 0.4) is 0 Å². The first-order valence-electron chi connectivity index (χ1n) is 7.90. The molecule has 0 fully saturated rings. The second kappa shape index (κ2) is 7.08. The molecule has 2 heterocycles. The topological polar surface area (TPSA) is 69.7 Å². The molecule has 0 saturated carbocycles. The number of hydrogen-bond donors (Lipinski definition) is 1. The molecule has 0 atom stereocenters. The second-order valence-corrected chi connectivity index (χ2v) is 6.59. The number of thiazole rings is 1. The maximum Gasteiger partial charge on any atom is 0.250 e. The number of para-hydroxylation sites is 1. The van der Waals surface area contributed by atoms with Crippen LogP contribution in [-0.2, 0) is 16.1 Å². The molecule has 6 nitrogen and oxygen atoms in total. The molecular formula is C18H16N2O4S. The molecule has 128 valence electrons. The Balaban J connectivity index is 1.30. The van der Waals surface area contributed by atoms with Crippen LogP contribution in [0, 0.1) is 0 Å². The summed E-state index contributed by atoms with van der Waals surface area (Å²) in [4.78, 5) is 16.5. The van der Waals surface area contributed by atoms with Crippen LogP contribution >= 0.6 is 11.3 Å². The van der Waals surface area contributed by atoms with Gasteiger partial charge in [-0.3, -0.25) is 4.79 Å². The predicted molar refractivity (Wildman–Crippen MR) is 95.3 cm³/mol. The molecule has 0 unspecified atom stereocenters. The van der Waals surface area contributed by atoms with Gasteiger partial charge in [0.05, 0.1) is 16.8 Å². The maximum atomic E-state index is 12.0. The smallest absolute Gasteiger partial charge is 0.250 e. The average molecular weight is 356 g/mol. The number of anilines is 1. The van der Waals surface area contributed by atoms with Crippen molar-refractivity contribution >= 4 is 33.1 Å². The molecule has 0 radical (unpaired) electrons. The van der Waals surface area contributed by atoms with Gasteiger partial charge in [0.1, 0.15) is 24.8 Å². The molecule has 0 aliphatic carbocycles. The number of ether oxygens (including phenoxy) is 3. The predicted octanol–water partition coefficient (Wildman–Crippen LogP) is 3.22. The van der Waals surface area contributed by atoms with E-state index in [0.717, 1.165) is 15.2 Å². The van der Waals surface area contributed by atoms with Crippen molar-refractivity contribution in [3.05, 3.63) is 47.5 Å². The van der Waals surface area contributed by atoms with E-state index in [2.05, 4.69) is 10.3 Å². The minimum atomic E-state index is -0.224. The van der Waals surface area contributed by atoms with Crippen molar-refractivity contribution in [2.45, 2.75) is 6.61 Å². The summed E-state index contributed by atoms with van der Waals surface area (Å²) in [5.74, 6) is 1.11. The fourth-order valence-corrected chi connectivity index (χ4v) is 3.44. The van der Waals surface area contributed by atoms with E-state index in [1.807, 2.05) is 24.3 Å². The lowest BCUT2D eigenvalue weighted by atomic mass is 10.2. The highest BCUT2D eigenvalue weighted by molar-refractivity contribution is 7.18. The van der Waals surface area contributed by atoms with Gasteiger partial charge in [0.15, 0.2) is 11.5 Å². The largest absolute Gasteiger partial charge is 0.486 e. The highest BCUT2D eigenvalue weighted by atomic mass is 32.1. The zero-order valence-electron chi connectivity index (χ0n) is 13.4. The zero-order chi connectivity index (χ0) is 17.1. The highest BCUT2D eigenvalue weighted by Crippen LogP contribution is 2.32. The van der Waals surface area contributed by atoms with Crippen molar-refractivity contribution in [1.29, 1.82) is 0 Å². The number of benzene rings is 2. The van der Waals surface area contributed by atoms with Gasteiger partial charge in [0.25, 0.3) is 0 Å². The first kappa shape index (κ1) is 15.9. The summed E-state index contributed by atoms with van der Waals surface area (Å²) in [7, 11) is 0. The van der Waals surface area contributed by atoms with E-state index in [1.165, 1.54) is 0 Å². The fourth-order valence-electron chi connectivity index (χ4n) is 2.53. The van der Waals surface area contributed by atoms with Gasteiger partial charge in [-0.1, -0.05) is 12.1 Å². The lowest BCUT2D eigenvalue weighted by molar-refractivity contribution is -0.121. The van der Waals surface area contributed by atoms with Gasteiger partial charge < -0.3 is 19.5 Å². The summed E-state index contributed by atoms with van der Waals surface area (Å²) in [6.45, 7) is 1.33. The van der Waals surface area contributed by atoms with Crippen LogP contribution in [-0.4, -0.2) is 30.7 Å². The summed E-state index contributed by atoms with van der Waals surface area (Å²) in [6.07, 6.45) is 0. The number of amides is 1. The van der Waals surface area contributed by atoms with Crippen LogP contribution in [0.5, 0.6) is 11.5 Å². The molecule has 0 bridgehead atoms. The lowest BCUT2D eigenvalue weighted by Crippen LogP contribution is -2.19. The Labute approximate surface area is 148 Å². The lowest BCUT2D eigenvalue weighted by Gasteiger charge is -2.19. The molecule has 0 saturated heterocycles. The molecule has 3 aromatic rings. The standard InChI is InChI=1S/C18H16N2O4S/c21-17(19-12-5-6-14-15(9-12)24-8-7-23-14)10-22-11-18-20-13-3-1-2-4-16(13)25-18/h1-6,9H,7-8,10-11H2,(H,19,21). The number of fused-ring (bicyclic) bond motifs is 2. The molecule has 1 N–H and O–H groups in total. The third kappa shape index (κ3) is 3.72. The van der Waals surface area contributed by atoms with Crippen molar-refractivity contribution < 1.29 is 19.0 Å². The van der Waals surface area contributed by atoms with Crippen molar-refractivity contribution in [3.8, 4) is 11.5 Å². The molecule has 2 aromatic carbocycles. The molecule has 0 spiro atoms. The van der Waals surface area contributed by atoms with Gasteiger partial charge in [0, 0.05) is 11.8 Å². The molecule has 1 amide bonds. The van der Waals surface area contributed by atoms with Gasteiger partial charge in [-0.15, -0.1) is 11.3 Å². The fraction of sp³-hybridized carbons (Fsp3) is 0.222. The van der Waals surface area contributed by atoms with E-state index in [0.29, 0.717) is 37.0 Å². The number of hydrogen-bond acceptors (Lipinski definition) is 6. The molecule has 7 heteroatoms. The van der Waals surface area contributed by atoms with Gasteiger partial charge >= 0.3 is 0 Å². The number of carbonyl (C=O) groups excluding carboxylic acids is 1. The minimum absolute atomic E-state index is 0.0373. The number of carbonyl (C=O) groups is 1. The van der Waals surface area contributed by atoms with Gasteiger partial charge in [-0.25, -0.2) is 4.98 Å². The van der Waals surface area contributed by atoms with E-state index in [1.54, 1.807) is 29.5 Å². The van der Waals surface area contributed by atoms with Crippen LogP contribution in [0.25, 0.3) is 10.2 Å². The molecule has 25 heavy (non-hydrogen) atoms. The van der Waals surface area contributed by atoms with E-state index in [-0.39, 0.29) is 12.5 Å². The number of nitrogens with zero attached hydrogens (tertiary/aromatic N) is 1. The maximum absolute atomic E-state index is 12.0. The van der Waals surface area contributed by atoms with Crippen LogP contribution in [0.2, 0.25) is 0 Å². The van der Waals surface area contributed by atoms with Crippen molar-refractivity contribution in [1.82, 2.24) is 4.98 Å². The average Bonchev–Trinajstić information content (AvgIpc) is 3.04. The summed E-state index contributed by atoms with van der Waals surface area (Å²) in [5, 5.41) is 3.64. The summed E-state index contributed by atoms with van der Waals surface area (Å²) < 4.78 is 17.5. The van der Waals surface area contributed by atoms with E-state index in [9.17, 15) is 4.79 Å². The molecular weight excluding hydrogens is 340 g/mol. The third-order valence-electron chi connectivity index (χ3n) is 3.62. The van der Waals surface area contributed by atoms with Crippen LogP contribution in [0.4, 0.5) is 5.69 Å². The van der Waals surface area contributed by atoms with Gasteiger partial charge in [-0.2, -0.15) is 0 Å². The third-order valence-corrected chi connectivity index (χ3v) is 4.63. The van der Waals surface area contributed by atoms with Crippen LogP contribution in [0.1, 0.15) is 5.01 Å². The first-order chi connectivity index (χ1) is 12.3. The number of nitrogens with one attached hydrogen (secondary N) is 1. The molecule has 1 aromatic heterocycles. The SMILES string of the molecule is O=C(COCc1nc2ccccc2s1)Nc1ccc2c(c1)OCCO2. The number of rotatable bonds is 5. The normalized spacial score (nSPS) is 13.0. The van der Waals surface area contributed by atoms with Gasteiger partial charge in [-0.05, 0) is 24.3 Å². The van der Waals surface area contributed by atoms with Crippen molar-refractivity contribution in [3.63, 3.8) is 0 Å². The van der Waals surface area contributed by atoms with Crippen LogP contribution in [0.15, 0.2) is 42.5 Å². The van der Waals surface area contributed by atoms with E-state index in [4.69, 9.17) is 14.2 Å². The highest BCUT2D eigenvalue weighted by Gasteiger charge is 2.13. The zero-order valence-corrected chi connectivity index (χ0v) is 14.2. The Morgan fingerprint density at radius 1 is 1.16 bits per heavy atom. The molecule has 1 aliphatic heterocycles. The summed E-state index contributed by atoms with van der Waals surface area (Å²) in [5.41, 5.74) is 1.60. The quantitative estimate of drug-likeness (QED) is 0.760. The monoisotopic (exact) mass is 356 g/mol. The van der Waals surface area contributed by atoms with Crippen molar-refractivity contribution in [2.24, 2.45) is 0 Å². The summed E-state index contributed by atoms with van der Waals surface area (Å²) >= 11 is 1.57. The van der Waals surface area contributed by atoms with Gasteiger partial charge in [0.2, 0.25) is 5.91 Å². The van der Waals surface area contributed by atoms with E-state index < -0.39 is 0 Å². The van der Waals surface area contributed by atoms with Crippen molar-refractivity contribution in [2.75, 3.05) is 25.1 Å². The number of aromatic nitrogens is 1. The second-order valence-electron chi connectivity index (χ2n) is 5.47. The Morgan fingerprint density at radius 2 is 2.00 bits per heavy atom. The summed E-state index contributed by atoms with van der Waals surface area (Å²) in [6, 6.07) is 13.2. The molecule has 4 rings (SSSR count). The Bertz CT molecular complexity index is 876. The Morgan fingerprint density at radius 3 is 2.88 bits per heavy atom. The van der Waals surface area contributed by atoms with Crippen LogP contribution < -0.4 is 14.8 Å². The minimum Gasteiger partial charge on any atom is -0.486 e. The van der Waals surface area contributed by atoms with E-state index >= 15 is 0 Å².